The first kappa shape index (κ1) is 20.1. The van der Waals surface area contributed by atoms with Crippen molar-refractivity contribution in [3.05, 3.63) is 115 Å². The maximum absolute atomic E-state index is 12.8. The molecule has 3 aromatic carbocycles. The van der Waals surface area contributed by atoms with E-state index in [-0.39, 0.29) is 11.5 Å². The van der Waals surface area contributed by atoms with Crippen molar-refractivity contribution in [2.45, 2.75) is 0 Å². The Morgan fingerprint density at radius 3 is 2.24 bits per heavy atom. The average molecular weight is 434 g/mol. The van der Waals surface area contributed by atoms with Gasteiger partial charge in [-0.15, -0.1) is 0 Å². The first-order valence-corrected chi connectivity index (χ1v) is 10.3. The van der Waals surface area contributed by atoms with Crippen LogP contribution in [0.4, 0.5) is 5.69 Å². The Morgan fingerprint density at radius 1 is 0.818 bits per heavy atom. The number of nitrogens with one attached hydrogen (secondary N) is 1. The number of amides is 1. The SMILES string of the molecule is O=C(Nc1ccc(OC(=O)c2cnn3c(-c4ccccc4)ccnc23)cc1)c1ccccc1. The average Bonchev–Trinajstić information content (AvgIpc) is 3.31. The van der Waals surface area contributed by atoms with Gasteiger partial charge in [0.1, 0.15) is 11.3 Å². The molecule has 7 heteroatoms. The Balaban J connectivity index is 1.32. The van der Waals surface area contributed by atoms with Crippen LogP contribution in [0, 0.1) is 0 Å². The van der Waals surface area contributed by atoms with Crippen LogP contribution in [0.5, 0.6) is 5.75 Å². The molecule has 7 nitrogen and oxygen atoms in total. The molecule has 0 aliphatic carbocycles. The van der Waals surface area contributed by atoms with Gasteiger partial charge in [0.05, 0.1) is 11.9 Å². The van der Waals surface area contributed by atoms with Crippen LogP contribution in [0.3, 0.4) is 0 Å². The fourth-order valence-electron chi connectivity index (χ4n) is 3.42. The van der Waals surface area contributed by atoms with Gasteiger partial charge in [0, 0.05) is 23.0 Å². The molecule has 5 aromatic rings. The number of aromatic nitrogens is 3. The van der Waals surface area contributed by atoms with E-state index >= 15 is 0 Å². The molecule has 2 heterocycles. The van der Waals surface area contributed by atoms with Crippen molar-refractivity contribution in [1.29, 1.82) is 0 Å². The Kier molecular flexibility index (Phi) is 5.35. The van der Waals surface area contributed by atoms with Gasteiger partial charge in [-0.25, -0.2) is 14.3 Å². The van der Waals surface area contributed by atoms with Gasteiger partial charge in [-0.3, -0.25) is 4.79 Å². The smallest absolute Gasteiger partial charge is 0.349 e. The van der Waals surface area contributed by atoms with Crippen molar-refractivity contribution >= 4 is 23.2 Å². The maximum atomic E-state index is 12.8. The number of nitrogens with zero attached hydrogens (tertiary/aromatic N) is 3. The summed E-state index contributed by atoms with van der Waals surface area (Å²) in [6, 6.07) is 27.1. The molecule has 0 spiro atoms. The van der Waals surface area contributed by atoms with E-state index in [1.807, 2.05) is 42.5 Å². The molecule has 0 aliphatic heterocycles. The lowest BCUT2D eigenvalue weighted by Gasteiger charge is -2.07. The zero-order valence-corrected chi connectivity index (χ0v) is 17.4. The molecule has 0 bridgehead atoms. The third-order valence-corrected chi connectivity index (χ3v) is 5.05. The lowest BCUT2D eigenvalue weighted by molar-refractivity contribution is 0.0736. The quantitative estimate of drug-likeness (QED) is 0.315. The molecule has 0 aliphatic rings. The molecule has 0 saturated carbocycles. The molecular formula is C26H18N4O3. The van der Waals surface area contributed by atoms with Gasteiger partial charge in [0.15, 0.2) is 5.65 Å². The Hall–Kier alpha value is -4.78. The van der Waals surface area contributed by atoms with E-state index in [0.29, 0.717) is 22.6 Å². The zero-order chi connectivity index (χ0) is 22.6. The van der Waals surface area contributed by atoms with Crippen molar-refractivity contribution in [1.82, 2.24) is 14.6 Å². The lowest BCUT2D eigenvalue weighted by atomic mass is 10.1. The third-order valence-electron chi connectivity index (χ3n) is 5.05. The number of carbonyl (C=O) groups excluding carboxylic acids is 2. The number of anilines is 1. The molecule has 0 unspecified atom stereocenters. The Labute approximate surface area is 189 Å². The summed E-state index contributed by atoms with van der Waals surface area (Å²) in [5, 5.41) is 7.15. The van der Waals surface area contributed by atoms with E-state index < -0.39 is 5.97 Å². The predicted molar refractivity (Wildman–Crippen MR) is 124 cm³/mol. The van der Waals surface area contributed by atoms with Crippen molar-refractivity contribution in [3.8, 4) is 17.0 Å². The highest BCUT2D eigenvalue weighted by Crippen LogP contribution is 2.22. The van der Waals surface area contributed by atoms with Crippen LogP contribution in [0.1, 0.15) is 20.7 Å². The van der Waals surface area contributed by atoms with E-state index in [1.165, 1.54) is 6.20 Å². The van der Waals surface area contributed by atoms with Gasteiger partial charge in [0.2, 0.25) is 0 Å². The fourth-order valence-corrected chi connectivity index (χ4v) is 3.42. The van der Waals surface area contributed by atoms with Crippen LogP contribution in [-0.2, 0) is 0 Å². The van der Waals surface area contributed by atoms with Gasteiger partial charge in [0.25, 0.3) is 5.91 Å². The van der Waals surface area contributed by atoms with Gasteiger partial charge >= 0.3 is 5.97 Å². The number of esters is 1. The van der Waals surface area contributed by atoms with Crippen LogP contribution in [0.2, 0.25) is 0 Å². The number of carbonyl (C=O) groups is 2. The van der Waals surface area contributed by atoms with Crippen LogP contribution in [0.15, 0.2) is 103 Å². The van der Waals surface area contributed by atoms with Crippen LogP contribution >= 0.6 is 0 Å². The number of hydrogen-bond acceptors (Lipinski definition) is 5. The monoisotopic (exact) mass is 434 g/mol. The highest BCUT2D eigenvalue weighted by molar-refractivity contribution is 6.04. The van der Waals surface area contributed by atoms with Crippen LogP contribution in [0.25, 0.3) is 16.9 Å². The zero-order valence-electron chi connectivity index (χ0n) is 17.4. The van der Waals surface area contributed by atoms with E-state index in [2.05, 4.69) is 15.4 Å². The Bertz CT molecular complexity index is 1430. The van der Waals surface area contributed by atoms with Gasteiger partial charge in [-0.2, -0.15) is 5.10 Å². The van der Waals surface area contributed by atoms with Gasteiger partial charge in [-0.1, -0.05) is 48.5 Å². The second-order valence-electron chi connectivity index (χ2n) is 7.22. The van der Waals surface area contributed by atoms with E-state index in [4.69, 9.17) is 4.74 Å². The number of fused-ring (bicyclic) bond motifs is 1. The first-order chi connectivity index (χ1) is 16.2. The Morgan fingerprint density at radius 2 is 1.52 bits per heavy atom. The van der Waals surface area contributed by atoms with E-state index in [1.54, 1.807) is 59.2 Å². The summed E-state index contributed by atoms with van der Waals surface area (Å²) in [5.41, 5.74) is 3.60. The normalized spacial score (nSPS) is 10.7. The second-order valence-corrected chi connectivity index (χ2v) is 7.22. The summed E-state index contributed by atoms with van der Waals surface area (Å²) in [4.78, 5) is 29.4. The van der Waals surface area contributed by atoms with Gasteiger partial charge in [-0.05, 0) is 42.5 Å². The molecule has 0 atom stereocenters. The minimum Gasteiger partial charge on any atom is -0.423 e. The summed E-state index contributed by atoms with van der Waals surface area (Å²) in [6.07, 6.45) is 3.09. The summed E-state index contributed by atoms with van der Waals surface area (Å²) < 4.78 is 7.13. The summed E-state index contributed by atoms with van der Waals surface area (Å²) in [6.45, 7) is 0. The molecule has 160 valence electrons. The predicted octanol–water partition coefficient (Wildman–Crippen LogP) is 4.87. The van der Waals surface area contributed by atoms with Crippen LogP contribution in [-0.4, -0.2) is 26.5 Å². The topological polar surface area (TPSA) is 85.6 Å². The molecule has 2 aromatic heterocycles. The lowest BCUT2D eigenvalue weighted by Crippen LogP contribution is -2.12. The standard InChI is InChI=1S/C26H18N4O3/c31-25(19-9-5-2-6-10-19)29-20-11-13-21(14-12-20)33-26(32)22-17-28-30-23(15-16-27-24(22)30)18-7-3-1-4-8-18/h1-17H,(H,29,31). The molecule has 1 N–H and O–H groups in total. The first-order valence-electron chi connectivity index (χ1n) is 10.3. The number of hydrogen-bond donors (Lipinski definition) is 1. The largest absolute Gasteiger partial charge is 0.423 e. The number of benzene rings is 3. The third kappa shape index (κ3) is 4.20. The minimum atomic E-state index is -0.566. The fraction of sp³-hybridized carbons (Fsp3) is 0. The molecule has 1 amide bonds. The molecule has 0 saturated heterocycles. The highest BCUT2D eigenvalue weighted by atomic mass is 16.5. The molecule has 0 fully saturated rings. The molecule has 33 heavy (non-hydrogen) atoms. The van der Waals surface area contributed by atoms with Crippen molar-refractivity contribution in [2.24, 2.45) is 0 Å². The summed E-state index contributed by atoms with van der Waals surface area (Å²) in [7, 11) is 0. The summed E-state index contributed by atoms with van der Waals surface area (Å²) >= 11 is 0. The van der Waals surface area contributed by atoms with Crippen LogP contribution < -0.4 is 10.1 Å². The molecule has 0 radical (unpaired) electrons. The second kappa shape index (κ2) is 8.76. The number of rotatable bonds is 5. The molecular weight excluding hydrogens is 416 g/mol. The van der Waals surface area contributed by atoms with Crippen molar-refractivity contribution < 1.29 is 14.3 Å². The minimum absolute atomic E-state index is 0.216. The van der Waals surface area contributed by atoms with E-state index in [0.717, 1.165) is 11.3 Å². The van der Waals surface area contributed by atoms with E-state index in [9.17, 15) is 9.59 Å². The highest BCUT2D eigenvalue weighted by Gasteiger charge is 2.18. The van der Waals surface area contributed by atoms with Crippen molar-refractivity contribution in [2.75, 3.05) is 5.32 Å². The maximum Gasteiger partial charge on any atom is 0.349 e. The number of ether oxygens (including phenoxy) is 1. The van der Waals surface area contributed by atoms with Crippen molar-refractivity contribution in [3.63, 3.8) is 0 Å². The summed E-state index contributed by atoms with van der Waals surface area (Å²) in [5.74, 6) is -0.438. The van der Waals surface area contributed by atoms with Gasteiger partial charge < -0.3 is 10.1 Å². The molecule has 5 rings (SSSR count).